The second-order valence-corrected chi connectivity index (χ2v) is 9.47. The lowest BCUT2D eigenvalue weighted by atomic mass is 9.79. The smallest absolute Gasteiger partial charge is 0.337 e. The predicted molar refractivity (Wildman–Crippen MR) is 120 cm³/mol. The van der Waals surface area contributed by atoms with Crippen molar-refractivity contribution in [1.82, 2.24) is 10.6 Å². The average Bonchev–Trinajstić information content (AvgIpc) is 2.70. The van der Waals surface area contributed by atoms with Crippen molar-refractivity contribution in [2.75, 3.05) is 7.11 Å². The molecule has 0 bridgehead atoms. The van der Waals surface area contributed by atoms with E-state index in [1.165, 1.54) is 7.11 Å². The normalized spacial score (nSPS) is 17.6. The first-order valence-electron chi connectivity index (χ1n) is 10.6. The Balaban J connectivity index is 1.55. The molecule has 1 fully saturated rings. The van der Waals surface area contributed by atoms with Crippen LogP contribution in [0.2, 0.25) is 0 Å². The van der Waals surface area contributed by atoms with Crippen molar-refractivity contribution in [2.45, 2.75) is 64.3 Å². The van der Waals surface area contributed by atoms with Crippen molar-refractivity contribution >= 4 is 11.9 Å². The van der Waals surface area contributed by atoms with E-state index in [9.17, 15) is 9.59 Å². The molecule has 1 aliphatic heterocycles. The van der Waals surface area contributed by atoms with Gasteiger partial charge in [0.25, 0.3) is 5.91 Å². The summed E-state index contributed by atoms with van der Waals surface area (Å²) < 4.78 is 10.5. The van der Waals surface area contributed by atoms with Crippen LogP contribution in [0.15, 0.2) is 48.5 Å². The van der Waals surface area contributed by atoms with Crippen LogP contribution in [-0.2, 0) is 11.3 Å². The summed E-state index contributed by atoms with van der Waals surface area (Å²) in [5.41, 5.74) is 2.01. The fraction of sp³-hybridized carbons (Fsp3) is 0.440. The molecule has 31 heavy (non-hydrogen) atoms. The molecule has 1 amide bonds. The molecule has 1 saturated heterocycles. The Hall–Kier alpha value is -2.86. The molecule has 0 radical (unpaired) electrons. The van der Waals surface area contributed by atoms with Crippen molar-refractivity contribution in [1.29, 1.82) is 0 Å². The van der Waals surface area contributed by atoms with Crippen LogP contribution in [0.1, 0.15) is 66.8 Å². The van der Waals surface area contributed by atoms with Crippen molar-refractivity contribution in [3.05, 3.63) is 65.2 Å². The molecule has 0 unspecified atom stereocenters. The largest absolute Gasteiger partial charge is 0.489 e. The van der Waals surface area contributed by atoms with Gasteiger partial charge in [-0.2, -0.15) is 0 Å². The summed E-state index contributed by atoms with van der Waals surface area (Å²) in [5, 5.41) is 6.82. The minimum absolute atomic E-state index is 0.0214. The number of rotatable bonds is 6. The Morgan fingerprint density at radius 3 is 2.03 bits per heavy atom. The second-order valence-electron chi connectivity index (χ2n) is 9.47. The van der Waals surface area contributed by atoms with Gasteiger partial charge in [0.1, 0.15) is 12.4 Å². The van der Waals surface area contributed by atoms with Gasteiger partial charge < -0.3 is 20.1 Å². The molecule has 2 aromatic rings. The molecule has 0 spiro atoms. The third-order valence-corrected chi connectivity index (χ3v) is 5.42. The van der Waals surface area contributed by atoms with E-state index in [1.807, 2.05) is 12.1 Å². The van der Waals surface area contributed by atoms with Gasteiger partial charge in [0.05, 0.1) is 12.7 Å². The van der Waals surface area contributed by atoms with Gasteiger partial charge in [0, 0.05) is 22.7 Å². The maximum absolute atomic E-state index is 12.7. The van der Waals surface area contributed by atoms with E-state index < -0.39 is 0 Å². The zero-order valence-corrected chi connectivity index (χ0v) is 19.0. The predicted octanol–water partition coefficient (Wildman–Crippen LogP) is 4.09. The number of ether oxygens (including phenoxy) is 2. The number of hydrogen-bond donors (Lipinski definition) is 2. The summed E-state index contributed by atoms with van der Waals surface area (Å²) in [6.07, 6.45) is 1.77. The number of amides is 1. The lowest BCUT2D eigenvalue weighted by Gasteiger charge is -2.46. The molecule has 1 heterocycles. The van der Waals surface area contributed by atoms with Crippen LogP contribution in [0.3, 0.4) is 0 Å². The van der Waals surface area contributed by atoms with E-state index in [4.69, 9.17) is 9.47 Å². The minimum atomic E-state index is -0.363. The van der Waals surface area contributed by atoms with E-state index >= 15 is 0 Å². The van der Waals surface area contributed by atoms with Crippen molar-refractivity contribution < 1.29 is 19.1 Å². The number of benzene rings is 2. The number of methoxy groups -OCH3 is 1. The molecular formula is C25H32N2O4. The molecule has 0 aromatic heterocycles. The molecule has 0 saturated carbocycles. The molecule has 166 valence electrons. The Kier molecular flexibility index (Phi) is 6.70. The monoisotopic (exact) mass is 424 g/mol. The SMILES string of the molecule is COC(=O)c1ccc(COc2ccc(C(=O)NC3CC(C)(C)NC(C)(C)C3)cc2)cc1. The van der Waals surface area contributed by atoms with Crippen molar-refractivity contribution in [3.63, 3.8) is 0 Å². The molecule has 0 atom stereocenters. The Bertz CT molecular complexity index is 902. The maximum atomic E-state index is 12.7. The number of esters is 1. The second kappa shape index (κ2) is 9.10. The first-order valence-corrected chi connectivity index (χ1v) is 10.6. The molecule has 2 aromatic carbocycles. The summed E-state index contributed by atoms with van der Waals surface area (Å²) in [4.78, 5) is 24.2. The van der Waals surface area contributed by atoms with E-state index in [-0.39, 0.29) is 29.0 Å². The summed E-state index contributed by atoms with van der Waals surface area (Å²) >= 11 is 0. The molecule has 1 aliphatic rings. The summed E-state index contributed by atoms with van der Waals surface area (Å²) in [5.74, 6) is 0.249. The van der Waals surface area contributed by atoms with Crippen molar-refractivity contribution in [3.8, 4) is 5.75 Å². The topological polar surface area (TPSA) is 76.7 Å². The number of piperidine rings is 1. The summed E-state index contributed by atoms with van der Waals surface area (Å²) in [7, 11) is 1.36. The van der Waals surface area contributed by atoms with Crippen LogP contribution >= 0.6 is 0 Å². The minimum Gasteiger partial charge on any atom is -0.489 e. The Morgan fingerprint density at radius 1 is 0.935 bits per heavy atom. The van der Waals surface area contributed by atoms with Crippen LogP contribution in [0.5, 0.6) is 5.75 Å². The van der Waals surface area contributed by atoms with Crippen LogP contribution in [-0.4, -0.2) is 36.1 Å². The highest BCUT2D eigenvalue weighted by Crippen LogP contribution is 2.28. The van der Waals surface area contributed by atoms with Crippen LogP contribution in [0, 0.1) is 0 Å². The van der Waals surface area contributed by atoms with Gasteiger partial charge in [0.2, 0.25) is 0 Å². The van der Waals surface area contributed by atoms with Gasteiger partial charge >= 0.3 is 5.97 Å². The lowest BCUT2D eigenvalue weighted by molar-refractivity contribution is 0.0600. The van der Waals surface area contributed by atoms with Gasteiger partial charge in [0.15, 0.2) is 0 Å². The first-order chi connectivity index (χ1) is 14.6. The molecule has 0 aliphatic carbocycles. The fourth-order valence-corrected chi connectivity index (χ4v) is 4.42. The highest BCUT2D eigenvalue weighted by Gasteiger charge is 2.38. The van der Waals surface area contributed by atoms with Crippen molar-refractivity contribution in [2.24, 2.45) is 0 Å². The first kappa shape index (κ1) is 22.8. The molecule has 3 rings (SSSR count). The molecule has 6 nitrogen and oxygen atoms in total. The summed E-state index contributed by atoms with van der Waals surface area (Å²) in [6, 6.07) is 14.4. The Labute approximate surface area is 184 Å². The van der Waals surface area contributed by atoms with Gasteiger partial charge in [-0.3, -0.25) is 4.79 Å². The molecule has 2 N–H and O–H groups in total. The maximum Gasteiger partial charge on any atom is 0.337 e. The van der Waals surface area contributed by atoms with E-state index in [0.29, 0.717) is 23.5 Å². The fourth-order valence-electron chi connectivity index (χ4n) is 4.42. The van der Waals surface area contributed by atoms with Crippen LogP contribution < -0.4 is 15.4 Å². The highest BCUT2D eigenvalue weighted by atomic mass is 16.5. The van der Waals surface area contributed by atoms with Gasteiger partial charge in [-0.25, -0.2) is 4.79 Å². The van der Waals surface area contributed by atoms with Gasteiger partial charge in [-0.15, -0.1) is 0 Å². The van der Waals surface area contributed by atoms with Crippen LogP contribution in [0.25, 0.3) is 0 Å². The van der Waals surface area contributed by atoms with E-state index in [1.54, 1.807) is 36.4 Å². The third-order valence-electron chi connectivity index (χ3n) is 5.42. The number of nitrogens with one attached hydrogen (secondary N) is 2. The number of carbonyl (C=O) groups excluding carboxylic acids is 2. The van der Waals surface area contributed by atoms with Gasteiger partial charge in [-0.1, -0.05) is 12.1 Å². The zero-order valence-electron chi connectivity index (χ0n) is 19.0. The lowest BCUT2D eigenvalue weighted by Crippen LogP contribution is -2.62. The van der Waals surface area contributed by atoms with Crippen LogP contribution in [0.4, 0.5) is 0 Å². The highest BCUT2D eigenvalue weighted by molar-refractivity contribution is 5.94. The Morgan fingerprint density at radius 2 is 1.48 bits per heavy atom. The average molecular weight is 425 g/mol. The van der Waals surface area contributed by atoms with E-state index in [0.717, 1.165) is 18.4 Å². The number of carbonyl (C=O) groups is 2. The molecule has 6 heteroatoms. The summed E-state index contributed by atoms with van der Waals surface area (Å²) in [6.45, 7) is 9.04. The molecular weight excluding hydrogens is 392 g/mol. The van der Waals surface area contributed by atoms with Gasteiger partial charge in [-0.05, 0) is 82.5 Å². The standard InChI is InChI=1S/C25H32N2O4/c1-24(2)14-20(15-25(3,4)27-24)26-22(28)18-10-12-21(13-11-18)31-16-17-6-8-19(9-7-17)23(29)30-5/h6-13,20,27H,14-16H2,1-5H3,(H,26,28). The third kappa shape index (κ3) is 6.31. The zero-order chi connectivity index (χ0) is 22.6. The van der Waals surface area contributed by atoms with E-state index in [2.05, 4.69) is 38.3 Å². The number of hydrogen-bond acceptors (Lipinski definition) is 5. The quantitative estimate of drug-likeness (QED) is 0.683.